The third-order valence-corrected chi connectivity index (χ3v) is 5.91. The second-order valence-corrected chi connectivity index (χ2v) is 9.52. The molecule has 2 aliphatic heterocycles. The van der Waals surface area contributed by atoms with E-state index in [9.17, 15) is 9.59 Å². The van der Waals surface area contributed by atoms with Crippen molar-refractivity contribution in [2.24, 2.45) is 5.92 Å². The maximum Gasteiger partial charge on any atom is 0.323 e. The van der Waals surface area contributed by atoms with Gasteiger partial charge in [-0.05, 0) is 46.1 Å². The van der Waals surface area contributed by atoms with Crippen LogP contribution in [0.2, 0.25) is 0 Å². The van der Waals surface area contributed by atoms with E-state index < -0.39 is 23.3 Å². The summed E-state index contributed by atoms with van der Waals surface area (Å²) in [6, 6.07) is 9.36. The van der Waals surface area contributed by atoms with Crippen LogP contribution >= 0.6 is 0 Å². The molecule has 2 fully saturated rings. The molecule has 172 valence electrons. The molecule has 7 nitrogen and oxygen atoms in total. The standard InChI is InChI=1S/C24H35NO6/c1-23(2,3)31-22(27)20-12-11-19(25(20)16-17-9-7-6-8-10-17)18(21(26)28-5)15-24(4)29-13-14-30-24/h6-10,18-20H,11-16H2,1-5H3/t18-,19-,20+/m1/s1. The summed E-state index contributed by atoms with van der Waals surface area (Å²) < 4.78 is 22.4. The lowest BCUT2D eigenvalue weighted by molar-refractivity contribution is -0.176. The van der Waals surface area contributed by atoms with Crippen LogP contribution in [0.15, 0.2) is 30.3 Å². The third-order valence-electron chi connectivity index (χ3n) is 5.91. The lowest BCUT2D eigenvalue weighted by Gasteiger charge is -2.36. The van der Waals surface area contributed by atoms with Gasteiger partial charge in [0.05, 0.1) is 26.2 Å². The molecule has 0 aromatic heterocycles. The highest BCUT2D eigenvalue weighted by molar-refractivity contribution is 5.78. The Morgan fingerprint density at radius 2 is 1.81 bits per heavy atom. The van der Waals surface area contributed by atoms with Gasteiger partial charge in [-0.15, -0.1) is 0 Å². The van der Waals surface area contributed by atoms with Crippen LogP contribution < -0.4 is 0 Å². The number of methoxy groups -OCH3 is 1. The third kappa shape index (κ3) is 6.05. The number of likely N-dealkylation sites (tertiary alicyclic amines) is 1. The fraction of sp³-hybridized carbons (Fsp3) is 0.667. The van der Waals surface area contributed by atoms with E-state index in [0.29, 0.717) is 39.0 Å². The molecule has 3 rings (SSSR count). The number of hydrogen-bond donors (Lipinski definition) is 0. The van der Waals surface area contributed by atoms with Crippen molar-refractivity contribution < 1.29 is 28.5 Å². The molecule has 0 spiro atoms. The molecule has 2 saturated heterocycles. The number of ether oxygens (including phenoxy) is 4. The molecule has 7 heteroatoms. The summed E-state index contributed by atoms with van der Waals surface area (Å²) in [5.41, 5.74) is 0.500. The average molecular weight is 434 g/mol. The van der Waals surface area contributed by atoms with Gasteiger partial charge in [0.1, 0.15) is 11.6 Å². The zero-order valence-electron chi connectivity index (χ0n) is 19.3. The maximum atomic E-state index is 13.0. The summed E-state index contributed by atoms with van der Waals surface area (Å²) in [5.74, 6) is -1.88. The Labute approximate surface area is 185 Å². The van der Waals surface area contributed by atoms with E-state index in [2.05, 4.69) is 4.90 Å². The van der Waals surface area contributed by atoms with Gasteiger partial charge in [-0.1, -0.05) is 30.3 Å². The molecule has 0 bridgehead atoms. The summed E-state index contributed by atoms with van der Waals surface area (Å²) in [6.07, 6.45) is 1.68. The smallest absolute Gasteiger partial charge is 0.323 e. The molecule has 2 aliphatic rings. The van der Waals surface area contributed by atoms with Crippen LogP contribution in [-0.4, -0.2) is 60.6 Å². The molecule has 0 aliphatic carbocycles. The first-order valence-electron chi connectivity index (χ1n) is 11.0. The molecular weight excluding hydrogens is 398 g/mol. The van der Waals surface area contributed by atoms with E-state index in [1.54, 1.807) is 0 Å². The molecule has 1 aromatic rings. The number of esters is 2. The van der Waals surface area contributed by atoms with Crippen molar-refractivity contribution in [2.75, 3.05) is 20.3 Å². The van der Waals surface area contributed by atoms with E-state index in [1.165, 1.54) is 7.11 Å². The molecule has 3 atom stereocenters. The van der Waals surface area contributed by atoms with Crippen LogP contribution in [0.5, 0.6) is 0 Å². The first kappa shape index (κ1) is 23.7. The quantitative estimate of drug-likeness (QED) is 0.611. The van der Waals surface area contributed by atoms with Crippen LogP contribution in [0.25, 0.3) is 0 Å². The Balaban J connectivity index is 1.88. The second-order valence-electron chi connectivity index (χ2n) is 9.52. The highest BCUT2D eigenvalue weighted by atomic mass is 16.7. The van der Waals surface area contributed by atoms with Crippen molar-refractivity contribution in [3.63, 3.8) is 0 Å². The minimum absolute atomic E-state index is 0.185. The van der Waals surface area contributed by atoms with Crippen LogP contribution in [0.3, 0.4) is 0 Å². The summed E-state index contributed by atoms with van der Waals surface area (Å²) in [4.78, 5) is 28.0. The Bertz CT molecular complexity index is 753. The predicted molar refractivity (Wildman–Crippen MR) is 115 cm³/mol. The minimum atomic E-state index is -0.832. The van der Waals surface area contributed by atoms with E-state index in [-0.39, 0.29) is 18.0 Å². The number of nitrogens with zero attached hydrogens (tertiary/aromatic N) is 1. The van der Waals surface area contributed by atoms with Gasteiger partial charge in [0.2, 0.25) is 0 Å². The van der Waals surface area contributed by atoms with Gasteiger partial charge in [0.15, 0.2) is 5.79 Å². The summed E-state index contributed by atoms with van der Waals surface area (Å²) >= 11 is 0. The zero-order chi connectivity index (χ0) is 22.6. The number of rotatable bonds is 7. The monoisotopic (exact) mass is 433 g/mol. The lowest BCUT2D eigenvalue weighted by Crippen LogP contribution is -2.49. The lowest BCUT2D eigenvalue weighted by atomic mass is 9.90. The minimum Gasteiger partial charge on any atom is -0.469 e. The number of benzene rings is 1. The van der Waals surface area contributed by atoms with Gasteiger partial charge in [0.25, 0.3) is 0 Å². The number of carbonyl (C=O) groups is 2. The largest absolute Gasteiger partial charge is 0.469 e. The molecule has 2 heterocycles. The molecule has 0 unspecified atom stereocenters. The van der Waals surface area contributed by atoms with Crippen molar-refractivity contribution >= 4 is 11.9 Å². The Morgan fingerprint density at radius 1 is 1.16 bits per heavy atom. The van der Waals surface area contributed by atoms with Crippen LogP contribution in [0.1, 0.15) is 52.5 Å². The van der Waals surface area contributed by atoms with Crippen molar-refractivity contribution in [1.82, 2.24) is 4.90 Å². The first-order valence-corrected chi connectivity index (χ1v) is 11.0. The van der Waals surface area contributed by atoms with Gasteiger partial charge < -0.3 is 18.9 Å². The topological polar surface area (TPSA) is 74.3 Å². The zero-order valence-corrected chi connectivity index (χ0v) is 19.3. The Morgan fingerprint density at radius 3 is 2.39 bits per heavy atom. The number of hydrogen-bond acceptors (Lipinski definition) is 7. The van der Waals surface area contributed by atoms with E-state index in [0.717, 1.165) is 5.56 Å². The Hall–Kier alpha value is -1.96. The average Bonchev–Trinajstić information content (AvgIpc) is 3.32. The van der Waals surface area contributed by atoms with Gasteiger partial charge >= 0.3 is 11.9 Å². The van der Waals surface area contributed by atoms with Gasteiger partial charge in [-0.3, -0.25) is 14.5 Å². The predicted octanol–water partition coefficient (Wildman–Crippen LogP) is 3.30. The molecule has 0 radical (unpaired) electrons. The normalized spacial score (nSPS) is 24.7. The summed E-state index contributed by atoms with van der Waals surface area (Å²) in [5, 5.41) is 0. The van der Waals surface area contributed by atoms with Crippen molar-refractivity contribution in [3.8, 4) is 0 Å². The van der Waals surface area contributed by atoms with Crippen molar-refractivity contribution in [3.05, 3.63) is 35.9 Å². The van der Waals surface area contributed by atoms with E-state index in [1.807, 2.05) is 58.0 Å². The first-order chi connectivity index (χ1) is 14.6. The van der Waals surface area contributed by atoms with Crippen molar-refractivity contribution in [2.45, 2.75) is 77.0 Å². The molecule has 31 heavy (non-hydrogen) atoms. The second kappa shape index (κ2) is 9.67. The van der Waals surface area contributed by atoms with Gasteiger partial charge in [0, 0.05) is 19.0 Å². The molecule has 0 amide bonds. The highest BCUT2D eigenvalue weighted by Gasteiger charge is 2.48. The van der Waals surface area contributed by atoms with Gasteiger partial charge in [-0.25, -0.2) is 0 Å². The SMILES string of the molecule is COC(=O)[C@H](CC1(C)OCCO1)[C@H]1CC[C@@H](C(=O)OC(C)(C)C)N1Cc1ccccc1. The summed E-state index contributed by atoms with van der Waals surface area (Å²) in [7, 11) is 1.40. The molecule has 0 saturated carbocycles. The molecule has 0 N–H and O–H groups in total. The van der Waals surface area contributed by atoms with Crippen LogP contribution in [0.4, 0.5) is 0 Å². The molecular formula is C24H35NO6. The van der Waals surface area contributed by atoms with Crippen LogP contribution in [0, 0.1) is 5.92 Å². The highest BCUT2D eigenvalue weighted by Crippen LogP contribution is 2.38. The summed E-state index contributed by atoms with van der Waals surface area (Å²) in [6.45, 7) is 9.01. The van der Waals surface area contributed by atoms with E-state index in [4.69, 9.17) is 18.9 Å². The number of carbonyl (C=O) groups excluding carboxylic acids is 2. The fourth-order valence-corrected chi connectivity index (χ4v) is 4.57. The fourth-order valence-electron chi connectivity index (χ4n) is 4.57. The Kier molecular flexibility index (Phi) is 7.39. The maximum absolute atomic E-state index is 13.0. The van der Waals surface area contributed by atoms with E-state index >= 15 is 0 Å². The van der Waals surface area contributed by atoms with Gasteiger partial charge in [-0.2, -0.15) is 0 Å². The molecule has 1 aromatic carbocycles. The van der Waals surface area contributed by atoms with Crippen LogP contribution in [-0.2, 0) is 35.1 Å². The van der Waals surface area contributed by atoms with Crippen molar-refractivity contribution in [1.29, 1.82) is 0 Å².